The zero-order valence-electron chi connectivity index (χ0n) is 10.2. The van der Waals surface area contributed by atoms with Crippen molar-refractivity contribution >= 4 is 16.4 Å². The van der Waals surface area contributed by atoms with Crippen molar-refractivity contribution in [3.8, 4) is 0 Å². The van der Waals surface area contributed by atoms with Crippen LogP contribution in [0.1, 0.15) is 0 Å². The van der Waals surface area contributed by atoms with Crippen LogP contribution in [0.25, 0.3) is 0 Å². The van der Waals surface area contributed by atoms with Gasteiger partial charge in [0.25, 0.3) is 0 Å². The molecule has 0 saturated heterocycles. The second kappa shape index (κ2) is 5.90. The third-order valence-electron chi connectivity index (χ3n) is 1.60. The maximum absolute atomic E-state index is 13.1. The average molecular weight is 352 g/mol. The van der Waals surface area contributed by atoms with E-state index >= 15 is 0 Å². The van der Waals surface area contributed by atoms with Gasteiger partial charge in [0.2, 0.25) is 0 Å². The third kappa shape index (κ3) is 4.39. The summed E-state index contributed by atoms with van der Waals surface area (Å²) >= 11 is 0. The smallest absolute Gasteiger partial charge is 0.368 e. The Balaban J connectivity index is 5.58. The van der Waals surface area contributed by atoms with E-state index in [9.17, 15) is 43.5 Å². The normalized spacial score (nSPS) is 15.0. The Labute approximate surface area is 113 Å². The number of hydrogen-bond donors (Lipinski definition) is 0. The number of halogens is 8. The monoisotopic (exact) mass is 352 g/mol. The van der Waals surface area contributed by atoms with Crippen molar-refractivity contribution in [2.75, 3.05) is 14.1 Å². The number of rotatable bonds is 7. The van der Waals surface area contributed by atoms with E-state index in [-0.39, 0.29) is 6.34 Å². The lowest BCUT2D eigenvalue weighted by molar-refractivity contribution is -0.435. The molecule has 0 atom stereocenters. The summed E-state index contributed by atoms with van der Waals surface area (Å²) in [4.78, 5) is 0.750. The molecular formula is C7H8F8N2O3S. The van der Waals surface area contributed by atoms with Gasteiger partial charge in [0.05, 0.1) is 0 Å². The van der Waals surface area contributed by atoms with Gasteiger partial charge in [-0.3, -0.25) is 0 Å². The Kier molecular flexibility index (Phi) is 5.57. The van der Waals surface area contributed by atoms with E-state index in [1.165, 1.54) is 0 Å². The van der Waals surface area contributed by atoms with Gasteiger partial charge < -0.3 is 4.90 Å². The minimum absolute atomic E-state index is 0.157. The van der Waals surface area contributed by atoms with Gasteiger partial charge in [0, 0.05) is 14.1 Å². The highest BCUT2D eigenvalue weighted by atomic mass is 32.2. The van der Waals surface area contributed by atoms with Crippen LogP contribution in [0.5, 0.6) is 0 Å². The second-order valence-electron chi connectivity index (χ2n) is 3.66. The van der Waals surface area contributed by atoms with Crippen molar-refractivity contribution in [3.05, 3.63) is 0 Å². The molecule has 0 fully saturated rings. The first-order chi connectivity index (χ1) is 9.07. The van der Waals surface area contributed by atoms with E-state index in [4.69, 9.17) is 0 Å². The molecule has 0 radical (unpaired) electrons. The summed E-state index contributed by atoms with van der Waals surface area (Å²) in [6.45, 7) is 0. The maximum atomic E-state index is 13.1. The molecule has 0 amide bonds. The largest absolute Gasteiger partial charge is 0.455 e. The molecule has 0 aliphatic rings. The molecule has 0 spiro atoms. The van der Waals surface area contributed by atoms with Crippen LogP contribution in [0.4, 0.5) is 35.1 Å². The van der Waals surface area contributed by atoms with E-state index < -0.39 is 33.9 Å². The standard InChI is InChI=1S/C7H8F8N2O3S/c1-17(2)3-16-21(18,19)7(14,15)6(12,13)20-5(10,11)4(8)9/h3-4H,1-2H3/b16-3+. The van der Waals surface area contributed by atoms with Crippen molar-refractivity contribution in [3.63, 3.8) is 0 Å². The molecule has 0 rings (SSSR count). The van der Waals surface area contributed by atoms with Crippen molar-refractivity contribution < 1.29 is 48.3 Å². The molecule has 0 unspecified atom stereocenters. The molecule has 126 valence electrons. The first-order valence-electron chi connectivity index (χ1n) is 4.65. The number of hydrogen-bond acceptors (Lipinski definition) is 3. The van der Waals surface area contributed by atoms with E-state index in [2.05, 4.69) is 4.40 Å². The van der Waals surface area contributed by atoms with Crippen LogP contribution in [0.3, 0.4) is 0 Å². The topological polar surface area (TPSA) is 59.0 Å². The van der Waals surface area contributed by atoms with E-state index in [1.54, 1.807) is 0 Å². The Morgan fingerprint density at radius 1 is 1.10 bits per heavy atom. The highest BCUT2D eigenvalue weighted by Gasteiger charge is 2.71. The van der Waals surface area contributed by atoms with Gasteiger partial charge in [-0.05, 0) is 0 Å². The van der Waals surface area contributed by atoms with Crippen molar-refractivity contribution in [2.45, 2.75) is 23.9 Å². The Morgan fingerprint density at radius 2 is 1.52 bits per heavy atom. The van der Waals surface area contributed by atoms with Crippen LogP contribution in [0.2, 0.25) is 0 Å². The fourth-order valence-electron chi connectivity index (χ4n) is 0.648. The van der Waals surface area contributed by atoms with Gasteiger partial charge in [-0.1, -0.05) is 0 Å². The van der Waals surface area contributed by atoms with Gasteiger partial charge in [0.15, 0.2) is 0 Å². The SMILES string of the molecule is CN(C)/C=N/S(=O)(=O)C(F)(F)C(F)(F)OC(F)(F)C(F)F. The van der Waals surface area contributed by atoms with Crippen molar-refractivity contribution in [2.24, 2.45) is 4.40 Å². The molecule has 0 aliphatic carbocycles. The molecular weight excluding hydrogens is 344 g/mol. The highest BCUT2D eigenvalue weighted by Crippen LogP contribution is 2.44. The first kappa shape index (κ1) is 19.8. The van der Waals surface area contributed by atoms with Crippen LogP contribution in [-0.2, 0) is 14.8 Å². The molecule has 0 bridgehead atoms. The Hall–Kier alpha value is -1.18. The zero-order valence-corrected chi connectivity index (χ0v) is 11.0. The summed E-state index contributed by atoms with van der Waals surface area (Å²) in [6, 6.07) is 0. The summed E-state index contributed by atoms with van der Waals surface area (Å²) in [5.41, 5.74) is 0. The summed E-state index contributed by atoms with van der Waals surface area (Å²) in [7, 11) is -4.21. The molecule has 0 aromatic carbocycles. The predicted molar refractivity (Wildman–Crippen MR) is 53.0 cm³/mol. The van der Waals surface area contributed by atoms with Gasteiger partial charge >= 0.3 is 33.9 Å². The number of alkyl halides is 8. The number of ether oxygens (including phenoxy) is 1. The average Bonchev–Trinajstić information content (AvgIpc) is 2.24. The third-order valence-corrected chi connectivity index (χ3v) is 2.86. The minimum atomic E-state index is -6.45. The lowest BCUT2D eigenvalue weighted by Gasteiger charge is -2.27. The summed E-state index contributed by atoms with van der Waals surface area (Å²) in [6.07, 6.45) is -17.2. The summed E-state index contributed by atoms with van der Waals surface area (Å²) in [5, 5.41) is -6.30. The highest BCUT2D eigenvalue weighted by molar-refractivity contribution is 7.91. The molecule has 0 heterocycles. The van der Waals surface area contributed by atoms with E-state index in [1.807, 2.05) is 4.74 Å². The van der Waals surface area contributed by atoms with Crippen LogP contribution in [-0.4, -0.2) is 57.6 Å². The lowest BCUT2D eigenvalue weighted by atomic mass is 10.6. The molecule has 5 nitrogen and oxygen atoms in total. The predicted octanol–water partition coefficient (Wildman–Crippen LogP) is 1.97. The Bertz CT molecular complexity index is 490. The molecule has 0 aromatic heterocycles. The molecule has 0 aliphatic heterocycles. The van der Waals surface area contributed by atoms with Crippen molar-refractivity contribution in [1.82, 2.24) is 4.90 Å². The van der Waals surface area contributed by atoms with E-state index in [0.717, 1.165) is 19.0 Å². The quantitative estimate of drug-likeness (QED) is 0.399. The van der Waals surface area contributed by atoms with Gasteiger partial charge in [-0.15, -0.1) is 4.40 Å². The second-order valence-corrected chi connectivity index (χ2v) is 5.33. The number of sulfonamides is 1. The van der Waals surface area contributed by atoms with Crippen LogP contribution >= 0.6 is 0 Å². The molecule has 21 heavy (non-hydrogen) atoms. The fraction of sp³-hybridized carbons (Fsp3) is 0.857. The molecule has 14 heteroatoms. The maximum Gasteiger partial charge on any atom is 0.455 e. The van der Waals surface area contributed by atoms with Gasteiger partial charge in [-0.2, -0.15) is 34.8 Å². The van der Waals surface area contributed by atoms with Gasteiger partial charge in [-0.25, -0.2) is 13.5 Å². The van der Waals surface area contributed by atoms with Gasteiger partial charge in [0.1, 0.15) is 6.34 Å². The summed E-state index contributed by atoms with van der Waals surface area (Å²) < 4.78 is 125. The van der Waals surface area contributed by atoms with Crippen LogP contribution in [0, 0.1) is 0 Å². The lowest BCUT2D eigenvalue weighted by Crippen LogP contribution is -2.52. The first-order valence-corrected chi connectivity index (χ1v) is 6.09. The Morgan fingerprint density at radius 3 is 1.86 bits per heavy atom. The fourth-order valence-corrected chi connectivity index (χ4v) is 1.43. The zero-order chi connectivity index (χ0) is 17.3. The summed E-state index contributed by atoms with van der Waals surface area (Å²) in [5.74, 6) is 0. The van der Waals surface area contributed by atoms with Crippen molar-refractivity contribution in [1.29, 1.82) is 0 Å². The molecule has 0 N–H and O–H groups in total. The van der Waals surface area contributed by atoms with E-state index in [0.29, 0.717) is 0 Å². The van der Waals surface area contributed by atoms with Crippen LogP contribution < -0.4 is 0 Å². The molecule has 0 saturated carbocycles. The van der Waals surface area contributed by atoms with Crippen LogP contribution in [0.15, 0.2) is 4.40 Å². The molecule has 0 aromatic rings. The number of nitrogens with zero attached hydrogens (tertiary/aromatic N) is 2. The minimum Gasteiger partial charge on any atom is -0.368 e.